The summed E-state index contributed by atoms with van der Waals surface area (Å²) in [6.45, 7) is 7.96. The van der Waals surface area contributed by atoms with Crippen LogP contribution < -0.4 is 10.6 Å². The number of benzene rings is 2. The molecule has 35 heavy (non-hydrogen) atoms. The Morgan fingerprint density at radius 2 is 1.77 bits per heavy atom. The fraction of sp³-hybridized carbons (Fsp3) is 0.333. The smallest absolute Gasteiger partial charge is 0.319 e. The van der Waals surface area contributed by atoms with E-state index in [1.807, 2.05) is 56.3 Å². The summed E-state index contributed by atoms with van der Waals surface area (Å²) in [6.07, 6.45) is 0. The molecule has 0 bridgehead atoms. The second-order valence-electron chi connectivity index (χ2n) is 8.75. The molecule has 0 aromatic heterocycles. The van der Waals surface area contributed by atoms with Gasteiger partial charge in [0, 0.05) is 11.6 Å². The number of allylic oxidation sites excluding steroid dienone is 1. The Morgan fingerprint density at radius 1 is 1.14 bits per heavy atom. The second-order valence-corrected chi connectivity index (χ2v) is 9.73. The van der Waals surface area contributed by atoms with Gasteiger partial charge in [0.05, 0.1) is 29.5 Å². The third-order valence-electron chi connectivity index (χ3n) is 6.04. The average Bonchev–Trinajstić information content (AvgIpc) is 2.84. The average molecular weight is 492 g/mol. The number of methoxy groups -OCH3 is 1. The highest BCUT2D eigenvalue weighted by Crippen LogP contribution is 2.40. The highest BCUT2D eigenvalue weighted by Gasteiger charge is 2.44. The second kappa shape index (κ2) is 11.2. The number of aryl methyl sites for hydroxylation is 2. The molecule has 0 unspecified atom stereocenters. The molecule has 2 aromatic rings. The molecule has 0 saturated heterocycles. The van der Waals surface area contributed by atoms with Crippen molar-refractivity contribution in [3.05, 3.63) is 75.3 Å². The summed E-state index contributed by atoms with van der Waals surface area (Å²) in [5.41, 5.74) is 4.61. The minimum atomic E-state index is -1.20. The minimum Gasteiger partial charge on any atom is -0.468 e. The Bertz CT molecular complexity index is 1190. The Kier molecular flexibility index (Phi) is 8.36. The van der Waals surface area contributed by atoms with E-state index in [9.17, 15) is 19.6 Å². The number of nitrogens with zero attached hydrogens (tertiary/aromatic N) is 1. The maximum absolute atomic E-state index is 13.0. The molecule has 7 nitrogen and oxygen atoms in total. The molecule has 0 radical (unpaired) electrons. The first kappa shape index (κ1) is 26.0. The Balaban J connectivity index is 1.92. The van der Waals surface area contributed by atoms with Crippen LogP contribution in [0.4, 0.5) is 5.69 Å². The summed E-state index contributed by atoms with van der Waals surface area (Å²) in [7, 11) is 1.21. The third kappa shape index (κ3) is 5.75. The van der Waals surface area contributed by atoms with Gasteiger partial charge in [0.15, 0.2) is 0 Å². The molecule has 0 aliphatic carbocycles. The van der Waals surface area contributed by atoms with Crippen LogP contribution in [0.3, 0.4) is 0 Å². The van der Waals surface area contributed by atoms with E-state index in [1.54, 1.807) is 0 Å². The number of nitriles is 1. The predicted molar refractivity (Wildman–Crippen MR) is 137 cm³/mol. The summed E-state index contributed by atoms with van der Waals surface area (Å²) in [5, 5.41) is 15.9. The summed E-state index contributed by atoms with van der Waals surface area (Å²) in [4.78, 5) is 38.2. The fourth-order valence-electron chi connectivity index (χ4n) is 4.09. The van der Waals surface area contributed by atoms with Gasteiger partial charge in [0.25, 0.3) is 0 Å². The molecule has 2 aromatic carbocycles. The lowest BCUT2D eigenvalue weighted by Crippen LogP contribution is -2.44. The van der Waals surface area contributed by atoms with E-state index in [4.69, 9.17) is 4.74 Å². The fourth-order valence-corrected chi connectivity index (χ4v) is 4.94. The van der Waals surface area contributed by atoms with Gasteiger partial charge in [-0.05, 0) is 42.0 Å². The van der Waals surface area contributed by atoms with Crippen molar-refractivity contribution in [2.75, 3.05) is 18.2 Å². The van der Waals surface area contributed by atoms with Crippen molar-refractivity contribution in [1.82, 2.24) is 5.32 Å². The Labute approximate surface area is 209 Å². The van der Waals surface area contributed by atoms with Gasteiger partial charge in [-0.2, -0.15) is 5.26 Å². The van der Waals surface area contributed by atoms with Gasteiger partial charge in [-0.1, -0.05) is 68.1 Å². The molecule has 2 N–H and O–H groups in total. The first-order valence-corrected chi connectivity index (χ1v) is 12.3. The number of carbonyl (C=O) groups excluding carboxylic acids is 3. The van der Waals surface area contributed by atoms with Crippen LogP contribution in [0.2, 0.25) is 0 Å². The van der Waals surface area contributed by atoms with Crippen molar-refractivity contribution < 1.29 is 19.1 Å². The number of ether oxygens (including phenoxy) is 1. The maximum atomic E-state index is 13.0. The molecule has 182 valence electrons. The molecule has 0 spiro atoms. The quantitative estimate of drug-likeness (QED) is 0.435. The monoisotopic (exact) mass is 491 g/mol. The number of hydrogen-bond acceptors (Lipinski definition) is 6. The van der Waals surface area contributed by atoms with E-state index in [-0.39, 0.29) is 22.3 Å². The summed E-state index contributed by atoms with van der Waals surface area (Å²) < 4.78 is 4.89. The molecule has 1 heterocycles. The number of thioether (sulfide) groups is 1. The van der Waals surface area contributed by atoms with E-state index in [0.29, 0.717) is 11.5 Å². The SMILES string of the molecule is COC(=O)[C@@H]1C(=O)NC(SCC(=O)Nc2c(C)cccc2C)=C(C#N)[C@@H]1c1ccc(C(C)C)cc1. The summed E-state index contributed by atoms with van der Waals surface area (Å²) >= 11 is 1.06. The van der Waals surface area contributed by atoms with E-state index < -0.39 is 23.7 Å². The van der Waals surface area contributed by atoms with Crippen molar-refractivity contribution in [2.45, 2.75) is 39.5 Å². The topological polar surface area (TPSA) is 108 Å². The lowest BCUT2D eigenvalue weighted by atomic mass is 9.78. The molecular formula is C27H29N3O4S. The standard InChI is InChI=1S/C27H29N3O4S/c1-15(2)18-9-11-19(12-10-18)22-20(13-28)26(30-25(32)23(22)27(33)34-5)35-14-21(31)29-24-16(3)7-6-8-17(24)4/h6-12,15,22-23H,14H2,1-5H3,(H,29,31)(H,30,32)/t22-,23-/m0/s1. The van der Waals surface area contributed by atoms with Gasteiger partial charge in [0.2, 0.25) is 11.8 Å². The van der Waals surface area contributed by atoms with E-state index in [1.165, 1.54) is 7.11 Å². The van der Waals surface area contributed by atoms with Crippen molar-refractivity contribution >= 4 is 35.2 Å². The van der Waals surface area contributed by atoms with Crippen molar-refractivity contribution in [3.8, 4) is 6.07 Å². The van der Waals surface area contributed by atoms with Crippen LogP contribution in [0.15, 0.2) is 53.1 Å². The molecule has 2 amide bonds. The number of nitrogens with one attached hydrogen (secondary N) is 2. The van der Waals surface area contributed by atoms with Gasteiger partial charge in [-0.25, -0.2) is 0 Å². The summed E-state index contributed by atoms with van der Waals surface area (Å²) in [5.74, 6) is -3.27. The van der Waals surface area contributed by atoms with Crippen molar-refractivity contribution in [1.29, 1.82) is 5.26 Å². The number of carbonyl (C=O) groups is 3. The van der Waals surface area contributed by atoms with Crippen molar-refractivity contribution in [3.63, 3.8) is 0 Å². The zero-order valence-electron chi connectivity index (χ0n) is 20.5. The molecule has 1 aliphatic heterocycles. The van der Waals surface area contributed by atoms with Crippen LogP contribution in [-0.2, 0) is 19.1 Å². The zero-order valence-corrected chi connectivity index (χ0v) is 21.3. The first-order chi connectivity index (χ1) is 16.7. The Hall–Kier alpha value is -3.57. The van der Waals surface area contributed by atoms with Gasteiger partial charge in [-0.15, -0.1) is 0 Å². The minimum absolute atomic E-state index is 0.0174. The van der Waals surface area contributed by atoms with E-state index in [0.717, 1.165) is 34.1 Å². The van der Waals surface area contributed by atoms with Gasteiger partial charge >= 0.3 is 5.97 Å². The summed E-state index contributed by atoms with van der Waals surface area (Å²) in [6, 6.07) is 15.4. The maximum Gasteiger partial charge on any atom is 0.319 e. The molecule has 0 saturated carbocycles. The van der Waals surface area contributed by atoms with Crippen LogP contribution in [0.1, 0.15) is 47.9 Å². The molecule has 3 rings (SSSR count). The number of rotatable bonds is 7. The number of amides is 2. The van der Waals surface area contributed by atoms with Gasteiger partial charge in [-0.3, -0.25) is 14.4 Å². The number of hydrogen-bond donors (Lipinski definition) is 2. The van der Waals surface area contributed by atoms with Crippen LogP contribution in [0.5, 0.6) is 0 Å². The molecule has 8 heteroatoms. The van der Waals surface area contributed by atoms with Crippen molar-refractivity contribution in [2.24, 2.45) is 5.92 Å². The van der Waals surface area contributed by atoms with E-state index in [2.05, 4.69) is 30.6 Å². The number of esters is 1. The van der Waals surface area contributed by atoms with E-state index >= 15 is 0 Å². The predicted octanol–water partition coefficient (Wildman–Crippen LogP) is 4.54. The molecule has 1 aliphatic rings. The van der Waals surface area contributed by atoms with Gasteiger partial charge < -0.3 is 15.4 Å². The molecule has 2 atom stereocenters. The normalized spacial score (nSPS) is 17.6. The lowest BCUT2D eigenvalue weighted by Gasteiger charge is -2.31. The lowest BCUT2D eigenvalue weighted by molar-refractivity contribution is -0.150. The van der Waals surface area contributed by atoms with Gasteiger partial charge in [0.1, 0.15) is 5.92 Å². The first-order valence-electron chi connectivity index (χ1n) is 11.3. The largest absolute Gasteiger partial charge is 0.468 e. The van der Waals surface area contributed by atoms with Crippen LogP contribution in [-0.4, -0.2) is 30.6 Å². The Morgan fingerprint density at radius 3 is 2.31 bits per heavy atom. The molecule has 0 fully saturated rings. The third-order valence-corrected chi connectivity index (χ3v) is 7.06. The van der Waals surface area contributed by atoms with Crippen LogP contribution in [0, 0.1) is 31.1 Å². The number of anilines is 1. The highest BCUT2D eigenvalue weighted by atomic mass is 32.2. The zero-order chi connectivity index (χ0) is 25.7. The highest BCUT2D eigenvalue weighted by molar-refractivity contribution is 8.03. The number of para-hydroxylation sites is 1. The van der Waals surface area contributed by atoms with Crippen LogP contribution >= 0.6 is 11.8 Å². The van der Waals surface area contributed by atoms with Crippen LogP contribution in [0.25, 0.3) is 0 Å². The molecular weight excluding hydrogens is 462 g/mol.